The Bertz CT molecular complexity index is 632. The van der Waals surface area contributed by atoms with Crippen LogP contribution in [0.3, 0.4) is 0 Å². The number of rotatable bonds is 7. The zero-order valence-electron chi connectivity index (χ0n) is 13.3. The van der Waals surface area contributed by atoms with Crippen LogP contribution in [0, 0.1) is 0 Å². The molecule has 7 nitrogen and oxygen atoms in total. The molecular weight excluding hydrogens is 343 g/mol. The number of nitrogens with one attached hydrogen (secondary N) is 2. The fourth-order valence-electron chi connectivity index (χ4n) is 1.76. The summed E-state index contributed by atoms with van der Waals surface area (Å²) < 4.78 is 37.3. The summed E-state index contributed by atoms with van der Waals surface area (Å²) in [4.78, 5) is 33.9. The minimum Gasteiger partial charge on any atom is -0.480 e. The lowest BCUT2D eigenvalue weighted by Crippen LogP contribution is -2.48. The molecule has 25 heavy (non-hydrogen) atoms. The number of benzene rings is 1. The van der Waals surface area contributed by atoms with Crippen LogP contribution in [-0.4, -0.2) is 35.0 Å². The maximum absolute atomic E-state index is 12.4. The Hall–Kier alpha value is -2.62. The Labute approximate surface area is 141 Å². The van der Waals surface area contributed by atoms with Crippen LogP contribution in [0.1, 0.15) is 24.5 Å². The zero-order valence-corrected chi connectivity index (χ0v) is 13.3. The van der Waals surface area contributed by atoms with E-state index in [4.69, 9.17) is 10.8 Å². The molecule has 0 radical (unpaired) electrons. The van der Waals surface area contributed by atoms with Crippen LogP contribution in [0.4, 0.5) is 13.2 Å². The first-order valence-electron chi connectivity index (χ1n) is 7.22. The number of carboxylic acid groups (broad SMARTS) is 1. The van der Waals surface area contributed by atoms with Crippen LogP contribution in [-0.2, 0) is 27.1 Å². The minimum absolute atomic E-state index is 0.0309. The molecule has 0 aliphatic carbocycles. The SMILES string of the molecule is C[C@@H](NC(=O)C(N)CC(=O)NCc1ccc(C(F)(F)F)cc1)C(=O)O. The molecule has 0 heterocycles. The second kappa shape index (κ2) is 8.47. The number of carbonyl (C=O) groups excluding carboxylic acids is 2. The monoisotopic (exact) mass is 361 g/mol. The standard InChI is InChI=1S/C15H18F3N3O4/c1-8(14(24)25)21-13(23)11(19)6-12(22)20-7-9-2-4-10(5-3-9)15(16,17)18/h2-5,8,11H,6-7,19H2,1H3,(H,20,22)(H,21,23)(H,24,25)/t8-,11?/m1/s1. The van der Waals surface area contributed by atoms with E-state index in [1.165, 1.54) is 19.1 Å². The summed E-state index contributed by atoms with van der Waals surface area (Å²) in [5, 5.41) is 13.2. The van der Waals surface area contributed by atoms with Crippen LogP contribution >= 0.6 is 0 Å². The van der Waals surface area contributed by atoms with Crippen molar-refractivity contribution < 1.29 is 32.7 Å². The number of amides is 2. The van der Waals surface area contributed by atoms with Gasteiger partial charge in [-0.05, 0) is 24.6 Å². The second-order valence-corrected chi connectivity index (χ2v) is 5.35. The lowest BCUT2D eigenvalue weighted by molar-refractivity contribution is -0.141. The molecule has 2 atom stereocenters. The molecule has 0 aliphatic rings. The van der Waals surface area contributed by atoms with Gasteiger partial charge >= 0.3 is 12.1 Å². The van der Waals surface area contributed by atoms with Crippen LogP contribution in [0.2, 0.25) is 0 Å². The molecule has 2 amide bonds. The van der Waals surface area contributed by atoms with Crippen molar-refractivity contribution in [1.29, 1.82) is 0 Å². The van der Waals surface area contributed by atoms with Gasteiger partial charge in [-0.25, -0.2) is 0 Å². The van der Waals surface area contributed by atoms with Crippen molar-refractivity contribution in [2.24, 2.45) is 5.73 Å². The van der Waals surface area contributed by atoms with E-state index >= 15 is 0 Å². The molecule has 1 aromatic rings. The molecule has 138 valence electrons. The molecule has 0 aromatic heterocycles. The van der Waals surface area contributed by atoms with Gasteiger partial charge in [0.15, 0.2) is 0 Å². The summed E-state index contributed by atoms with van der Waals surface area (Å²) in [7, 11) is 0. The van der Waals surface area contributed by atoms with Crippen molar-refractivity contribution in [2.45, 2.75) is 38.1 Å². The smallest absolute Gasteiger partial charge is 0.416 e. The van der Waals surface area contributed by atoms with Crippen molar-refractivity contribution in [3.63, 3.8) is 0 Å². The molecule has 1 unspecified atom stereocenters. The highest BCUT2D eigenvalue weighted by Gasteiger charge is 2.29. The largest absolute Gasteiger partial charge is 0.480 e. The van der Waals surface area contributed by atoms with Gasteiger partial charge in [0.25, 0.3) is 0 Å². The van der Waals surface area contributed by atoms with Gasteiger partial charge in [0.2, 0.25) is 11.8 Å². The summed E-state index contributed by atoms with van der Waals surface area (Å²) in [5.74, 6) is -2.63. The Morgan fingerprint density at radius 2 is 1.76 bits per heavy atom. The number of carboxylic acids is 1. The Morgan fingerprint density at radius 3 is 2.24 bits per heavy atom. The third-order valence-electron chi connectivity index (χ3n) is 3.24. The highest BCUT2D eigenvalue weighted by Crippen LogP contribution is 2.28. The van der Waals surface area contributed by atoms with E-state index in [-0.39, 0.29) is 6.54 Å². The summed E-state index contributed by atoms with van der Waals surface area (Å²) >= 11 is 0. The van der Waals surface area contributed by atoms with Crippen molar-refractivity contribution in [3.8, 4) is 0 Å². The summed E-state index contributed by atoms with van der Waals surface area (Å²) in [6.07, 6.45) is -4.83. The molecule has 0 aliphatic heterocycles. The van der Waals surface area contributed by atoms with Gasteiger partial charge in [0.05, 0.1) is 18.0 Å². The van der Waals surface area contributed by atoms with Crippen LogP contribution in [0.25, 0.3) is 0 Å². The number of nitrogens with two attached hydrogens (primary N) is 1. The lowest BCUT2D eigenvalue weighted by Gasteiger charge is -2.14. The third-order valence-corrected chi connectivity index (χ3v) is 3.24. The first-order valence-corrected chi connectivity index (χ1v) is 7.22. The van der Waals surface area contributed by atoms with E-state index in [1.807, 2.05) is 0 Å². The van der Waals surface area contributed by atoms with Crippen molar-refractivity contribution in [2.75, 3.05) is 0 Å². The van der Waals surface area contributed by atoms with Crippen LogP contribution < -0.4 is 16.4 Å². The fourth-order valence-corrected chi connectivity index (χ4v) is 1.76. The first kappa shape index (κ1) is 20.4. The van der Waals surface area contributed by atoms with E-state index in [0.29, 0.717) is 5.56 Å². The Kier molecular flexibility index (Phi) is 6.92. The number of hydrogen-bond acceptors (Lipinski definition) is 4. The normalized spacial score (nSPS) is 13.6. The molecule has 1 aromatic carbocycles. The highest BCUT2D eigenvalue weighted by atomic mass is 19.4. The molecule has 0 saturated heterocycles. The average molecular weight is 361 g/mol. The Balaban J connectivity index is 2.46. The average Bonchev–Trinajstić information content (AvgIpc) is 2.52. The molecule has 1 rings (SSSR count). The molecule has 0 spiro atoms. The predicted octanol–water partition coefficient (Wildman–Crippen LogP) is 0.628. The number of alkyl halides is 3. The zero-order chi connectivity index (χ0) is 19.2. The maximum Gasteiger partial charge on any atom is 0.416 e. The van der Waals surface area contributed by atoms with Crippen LogP contribution in [0.5, 0.6) is 0 Å². The number of carbonyl (C=O) groups is 3. The van der Waals surface area contributed by atoms with E-state index in [0.717, 1.165) is 12.1 Å². The molecule has 5 N–H and O–H groups in total. The quantitative estimate of drug-likeness (QED) is 0.567. The maximum atomic E-state index is 12.4. The predicted molar refractivity (Wildman–Crippen MR) is 81.1 cm³/mol. The van der Waals surface area contributed by atoms with Gasteiger partial charge in [0, 0.05) is 6.54 Å². The topological polar surface area (TPSA) is 122 Å². The second-order valence-electron chi connectivity index (χ2n) is 5.35. The lowest BCUT2D eigenvalue weighted by atomic mass is 10.1. The van der Waals surface area contributed by atoms with E-state index in [2.05, 4.69) is 10.6 Å². The van der Waals surface area contributed by atoms with Gasteiger partial charge in [-0.3, -0.25) is 14.4 Å². The molecule has 0 bridgehead atoms. The number of hydrogen-bond donors (Lipinski definition) is 4. The molecule has 0 saturated carbocycles. The van der Waals surface area contributed by atoms with Gasteiger partial charge in [-0.15, -0.1) is 0 Å². The fraction of sp³-hybridized carbons (Fsp3) is 0.400. The van der Waals surface area contributed by atoms with Gasteiger partial charge in [0.1, 0.15) is 6.04 Å². The van der Waals surface area contributed by atoms with E-state index < -0.39 is 48.0 Å². The molecule has 10 heteroatoms. The number of aliphatic carboxylic acids is 1. The molecular formula is C15H18F3N3O4. The minimum atomic E-state index is -4.44. The summed E-state index contributed by atoms with van der Waals surface area (Å²) in [5.41, 5.74) is 5.16. The summed E-state index contributed by atoms with van der Waals surface area (Å²) in [6, 6.07) is 1.86. The Morgan fingerprint density at radius 1 is 1.20 bits per heavy atom. The van der Waals surface area contributed by atoms with Gasteiger partial charge in [-0.2, -0.15) is 13.2 Å². The molecule has 0 fully saturated rings. The van der Waals surface area contributed by atoms with Crippen molar-refractivity contribution in [3.05, 3.63) is 35.4 Å². The van der Waals surface area contributed by atoms with Gasteiger partial charge in [-0.1, -0.05) is 12.1 Å². The number of halogens is 3. The van der Waals surface area contributed by atoms with E-state index in [1.54, 1.807) is 0 Å². The summed E-state index contributed by atoms with van der Waals surface area (Å²) in [6.45, 7) is 1.22. The van der Waals surface area contributed by atoms with Crippen molar-refractivity contribution in [1.82, 2.24) is 10.6 Å². The van der Waals surface area contributed by atoms with Crippen molar-refractivity contribution >= 4 is 17.8 Å². The highest BCUT2D eigenvalue weighted by molar-refractivity contribution is 5.90. The first-order chi connectivity index (χ1) is 11.5. The third kappa shape index (κ3) is 6.79. The van der Waals surface area contributed by atoms with Gasteiger partial charge < -0.3 is 21.5 Å². The van der Waals surface area contributed by atoms with E-state index in [9.17, 15) is 27.6 Å². The van der Waals surface area contributed by atoms with Crippen LogP contribution in [0.15, 0.2) is 24.3 Å².